The van der Waals surface area contributed by atoms with E-state index in [0.717, 1.165) is 31.4 Å². The molecule has 0 unspecified atom stereocenters. The molecule has 38 heavy (non-hydrogen) atoms. The van der Waals surface area contributed by atoms with Gasteiger partial charge in [-0.3, -0.25) is 23.9 Å². The molecule has 0 saturated carbocycles. The van der Waals surface area contributed by atoms with E-state index >= 15 is 0 Å². The van der Waals surface area contributed by atoms with Crippen molar-refractivity contribution in [1.82, 2.24) is 9.80 Å². The average Bonchev–Trinajstić information content (AvgIpc) is 3.20. The van der Waals surface area contributed by atoms with Crippen molar-refractivity contribution in [2.75, 3.05) is 30.3 Å². The number of fused-ring (bicyclic) bond motifs is 1. The summed E-state index contributed by atoms with van der Waals surface area (Å²) < 4.78 is 37.2. The Morgan fingerprint density at radius 2 is 1.47 bits per heavy atom. The minimum absolute atomic E-state index is 0. The van der Waals surface area contributed by atoms with Gasteiger partial charge in [-0.25, -0.2) is 0 Å². The maximum absolute atomic E-state index is 13.1. The van der Waals surface area contributed by atoms with Gasteiger partial charge in [-0.2, -0.15) is 8.42 Å². The van der Waals surface area contributed by atoms with Crippen LogP contribution in [0.25, 0.3) is 0 Å². The van der Waals surface area contributed by atoms with E-state index in [1.165, 1.54) is 15.9 Å². The number of benzene rings is 1. The Morgan fingerprint density at radius 1 is 0.921 bits per heavy atom. The number of carbonyl (C=O) groups excluding carboxylic acids is 2. The molecule has 202 valence electrons. The summed E-state index contributed by atoms with van der Waals surface area (Å²) in [6.45, 7) is 5.28. The van der Waals surface area contributed by atoms with Crippen LogP contribution >= 0.6 is 12.2 Å². The average molecular weight is 572 g/mol. The Hall–Kier alpha value is -2.02. The summed E-state index contributed by atoms with van der Waals surface area (Å²) in [5.74, 6) is -0.0788. The second-order valence-corrected chi connectivity index (χ2v) is 10.7. The quantitative estimate of drug-likeness (QED) is 0.131. The number of para-hydroxylation sites is 2. The summed E-state index contributed by atoms with van der Waals surface area (Å²) in [7, 11) is -4.07. The summed E-state index contributed by atoms with van der Waals surface area (Å²) >= 11 is 5.48. The van der Waals surface area contributed by atoms with Crippen LogP contribution in [0.2, 0.25) is 0 Å². The maximum Gasteiger partial charge on any atom is 1.00 e. The van der Waals surface area contributed by atoms with E-state index < -0.39 is 21.9 Å². The van der Waals surface area contributed by atoms with E-state index in [1.54, 1.807) is 24.3 Å². The Kier molecular flexibility index (Phi) is 12.7. The van der Waals surface area contributed by atoms with Gasteiger partial charge in [-0.15, -0.1) is 0 Å². The predicted molar refractivity (Wildman–Crippen MR) is 148 cm³/mol. The van der Waals surface area contributed by atoms with Gasteiger partial charge in [0.2, 0.25) is 5.88 Å². The van der Waals surface area contributed by atoms with Crippen LogP contribution in [0.1, 0.15) is 47.4 Å². The van der Waals surface area contributed by atoms with Gasteiger partial charge in [0, 0.05) is 19.6 Å². The van der Waals surface area contributed by atoms with E-state index in [4.69, 9.17) is 21.5 Å². The molecule has 1 saturated heterocycles. The molecule has 0 atom stereocenters. The van der Waals surface area contributed by atoms with Crippen LogP contribution in [0.15, 0.2) is 60.0 Å². The molecule has 1 aromatic carbocycles. The van der Waals surface area contributed by atoms with Crippen LogP contribution in [-0.4, -0.2) is 65.1 Å². The monoisotopic (exact) mass is 571 g/mol. The van der Waals surface area contributed by atoms with E-state index in [1.807, 2.05) is 36.9 Å². The first-order valence-electron chi connectivity index (χ1n) is 12.4. The Labute approximate surface area is 253 Å². The van der Waals surface area contributed by atoms with Crippen molar-refractivity contribution >= 4 is 45.0 Å². The van der Waals surface area contributed by atoms with Gasteiger partial charge in [0.1, 0.15) is 5.57 Å². The second kappa shape index (κ2) is 14.9. The van der Waals surface area contributed by atoms with Gasteiger partial charge in [0.25, 0.3) is 21.9 Å². The number of ether oxygens (including phenoxy) is 1. The molecule has 0 bridgehead atoms. The van der Waals surface area contributed by atoms with E-state index in [-0.39, 0.29) is 53.8 Å². The second-order valence-electron chi connectivity index (χ2n) is 8.73. The van der Waals surface area contributed by atoms with Gasteiger partial charge in [-0.05, 0) is 55.8 Å². The number of allylic oxidation sites excluding steroid dienone is 4. The third kappa shape index (κ3) is 8.24. The van der Waals surface area contributed by atoms with E-state index in [9.17, 15) is 18.0 Å². The molecule has 2 amide bonds. The van der Waals surface area contributed by atoms with E-state index in [2.05, 4.69) is 0 Å². The molecule has 3 rings (SSSR count). The van der Waals surface area contributed by atoms with Crippen molar-refractivity contribution < 1.29 is 58.3 Å². The Morgan fingerprint density at radius 3 is 2.05 bits per heavy atom. The summed E-state index contributed by atoms with van der Waals surface area (Å²) in [4.78, 5) is 31.0. The first-order chi connectivity index (χ1) is 17.7. The van der Waals surface area contributed by atoms with Gasteiger partial charge >= 0.3 is 29.6 Å². The van der Waals surface area contributed by atoms with Crippen molar-refractivity contribution in [2.45, 2.75) is 46.0 Å². The van der Waals surface area contributed by atoms with Crippen LogP contribution in [0.3, 0.4) is 0 Å². The number of unbranched alkanes of at least 4 members (excludes halogenated alkanes) is 2. The fourth-order valence-corrected chi connectivity index (χ4v) is 4.82. The number of rotatable bonds is 12. The molecule has 0 spiro atoms. The van der Waals surface area contributed by atoms with Crippen LogP contribution < -0.4 is 39.2 Å². The number of hydrogen-bond donors (Lipinski definition) is 1. The zero-order valence-electron chi connectivity index (χ0n) is 23.1. The molecule has 0 radical (unpaired) electrons. The number of thiocarbonyl (C=S) groups is 1. The van der Waals surface area contributed by atoms with Gasteiger partial charge < -0.3 is 11.1 Å². The summed E-state index contributed by atoms with van der Waals surface area (Å²) in [6.07, 6.45) is 9.98. The molecule has 1 aromatic rings. The molecule has 1 N–H and O–H groups in total. The van der Waals surface area contributed by atoms with Crippen molar-refractivity contribution in [3.63, 3.8) is 0 Å². The van der Waals surface area contributed by atoms with Gasteiger partial charge in [0.15, 0.2) is 10.9 Å². The zero-order valence-corrected chi connectivity index (χ0v) is 25.8. The SMILES string of the molecule is CCCCN1C(=O)C(=CC=CC=C2Oc3ccccc3N2CCCS(=O)(=O)O)C(=O)N(CCCC)C1=S.[H-].[Na+]. The fourth-order valence-electron chi connectivity index (χ4n) is 3.97. The smallest absolute Gasteiger partial charge is 1.00 e. The first-order valence-corrected chi connectivity index (χ1v) is 14.5. The summed E-state index contributed by atoms with van der Waals surface area (Å²) in [5.41, 5.74) is 0.830. The Balaban J connectivity index is 0.00000380. The molecule has 1 fully saturated rings. The number of nitrogens with zero attached hydrogens (tertiary/aromatic N) is 3. The minimum Gasteiger partial charge on any atom is -1.00 e. The standard InChI is InChI=1S/C26H33N3O6S2.Na.H/c1-3-5-16-28-24(30)20(25(31)29(26(28)36)17-6-4-2)12-7-10-15-23-27(18-11-19-37(32,33)34)21-13-8-9-14-22(21)35-23;;/h7-10,12-15H,3-6,11,16-19H2,1-2H3,(H,32,33,34);;/q;+1;-1. The molecule has 0 aliphatic carbocycles. The van der Waals surface area contributed by atoms with Gasteiger partial charge in [0.05, 0.1) is 11.4 Å². The third-order valence-corrected chi connectivity index (χ3v) is 7.16. The molecule has 9 nitrogen and oxygen atoms in total. The molecular formula is C26H34N3NaO6S2. The molecule has 12 heteroatoms. The number of carbonyl (C=O) groups is 2. The van der Waals surface area contributed by atoms with E-state index in [0.29, 0.717) is 31.3 Å². The summed E-state index contributed by atoms with van der Waals surface area (Å²) in [6, 6.07) is 7.33. The van der Waals surface area contributed by atoms with Crippen molar-refractivity contribution in [3.8, 4) is 5.75 Å². The largest absolute Gasteiger partial charge is 1.00 e. The normalized spacial score (nSPS) is 16.8. The first kappa shape index (κ1) is 32.2. The molecule has 2 heterocycles. The van der Waals surface area contributed by atoms with Crippen molar-refractivity contribution in [3.05, 3.63) is 60.0 Å². The van der Waals surface area contributed by atoms with Crippen LogP contribution in [0.4, 0.5) is 5.69 Å². The minimum atomic E-state index is -4.07. The van der Waals surface area contributed by atoms with Crippen LogP contribution in [0.5, 0.6) is 5.75 Å². The maximum atomic E-state index is 13.1. The predicted octanol–water partition coefficient (Wildman–Crippen LogP) is 1.16. The van der Waals surface area contributed by atoms with Crippen molar-refractivity contribution in [1.29, 1.82) is 0 Å². The van der Waals surface area contributed by atoms with Crippen molar-refractivity contribution in [2.24, 2.45) is 0 Å². The number of anilines is 1. The molecule has 0 aromatic heterocycles. The topological polar surface area (TPSA) is 107 Å². The third-order valence-electron chi connectivity index (χ3n) is 5.92. The molecule has 2 aliphatic rings. The Bertz CT molecular complexity index is 1200. The molecule has 2 aliphatic heterocycles. The number of hydrogen-bond acceptors (Lipinski definition) is 7. The van der Waals surface area contributed by atoms with Gasteiger partial charge in [-0.1, -0.05) is 51.0 Å². The number of amides is 2. The molecular weight excluding hydrogens is 537 g/mol. The van der Waals surface area contributed by atoms with Crippen LogP contribution in [0, 0.1) is 0 Å². The summed E-state index contributed by atoms with van der Waals surface area (Å²) in [5, 5.41) is 0.262. The van der Waals surface area contributed by atoms with Crippen LogP contribution in [-0.2, 0) is 19.7 Å². The fraction of sp³-hybridized carbons (Fsp3) is 0.423. The zero-order chi connectivity index (χ0) is 27.0.